The smallest absolute Gasteiger partial charge is 0.323 e. The molecule has 1 fully saturated rings. The molecule has 0 amide bonds. The summed E-state index contributed by atoms with van der Waals surface area (Å²) >= 11 is 0. The Balaban J connectivity index is 2.49. The van der Waals surface area contributed by atoms with Gasteiger partial charge in [0, 0.05) is 0 Å². The number of hydrogen-bond donors (Lipinski definition) is 2. The van der Waals surface area contributed by atoms with Gasteiger partial charge in [0.15, 0.2) is 0 Å². The number of nitrogens with zero attached hydrogens (tertiary/aromatic N) is 1. The molecular weight excluding hydrogens is 263 g/mol. The molecule has 1 aliphatic rings. The molecule has 1 unspecified atom stereocenters. The molecule has 1 saturated heterocycles. The molecule has 120 valence electrons. The second-order valence-electron chi connectivity index (χ2n) is 6.89. The Hall–Kier alpha value is -0.545. The number of aliphatic carboxylic acids is 1. The molecule has 0 spiro atoms. The Bertz CT molecular complexity index is 317. The van der Waals surface area contributed by atoms with E-state index >= 15 is 0 Å². The van der Waals surface area contributed by atoms with Crippen molar-refractivity contribution in [1.82, 2.24) is 4.90 Å². The molecule has 0 aromatic heterocycles. The summed E-state index contributed by atoms with van der Waals surface area (Å²) in [7, 11) is 5.49. The number of likely N-dealkylation sites (tertiary alicyclic amines) is 1. The van der Waals surface area contributed by atoms with Crippen LogP contribution in [0.1, 0.15) is 52.4 Å². The highest BCUT2D eigenvalue weighted by molar-refractivity contribution is 6.08. The predicted octanol–water partition coefficient (Wildman–Crippen LogP) is 2.28. The minimum Gasteiger partial charge on any atom is -0.480 e. The van der Waals surface area contributed by atoms with E-state index in [1.807, 2.05) is 0 Å². The van der Waals surface area contributed by atoms with Crippen molar-refractivity contribution in [1.29, 1.82) is 0 Å². The predicted molar refractivity (Wildman–Crippen MR) is 87.6 cm³/mol. The van der Waals surface area contributed by atoms with Crippen LogP contribution in [0.2, 0.25) is 6.32 Å². The Morgan fingerprint density at radius 1 is 1.38 bits per heavy atom. The fraction of sp³-hybridized carbons (Fsp3) is 0.938. The van der Waals surface area contributed by atoms with Gasteiger partial charge in [-0.1, -0.05) is 33.0 Å². The topological polar surface area (TPSA) is 66.6 Å². The van der Waals surface area contributed by atoms with Crippen LogP contribution in [0.3, 0.4) is 0 Å². The Kier molecular flexibility index (Phi) is 7.75. The number of unbranched alkanes of at least 4 members (excludes halogenated alkanes) is 1. The maximum Gasteiger partial charge on any atom is 0.323 e. The third-order valence-corrected chi connectivity index (χ3v) is 4.78. The summed E-state index contributed by atoms with van der Waals surface area (Å²) in [5.41, 5.74) is 5.19. The van der Waals surface area contributed by atoms with E-state index in [0.29, 0.717) is 18.7 Å². The zero-order valence-electron chi connectivity index (χ0n) is 13.7. The molecule has 4 nitrogen and oxygen atoms in total. The van der Waals surface area contributed by atoms with Gasteiger partial charge in [-0.05, 0) is 57.2 Å². The highest BCUT2D eigenvalue weighted by Gasteiger charge is 2.42. The Morgan fingerprint density at radius 3 is 2.48 bits per heavy atom. The van der Waals surface area contributed by atoms with Gasteiger partial charge in [0.1, 0.15) is 5.54 Å². The van der Waals surface area contributed by atoms with Crippen molar-refractivity contribution in [3.8, 4) is 0 Å². The van der Waals surface area contributed by atoms with Gasteiger partial charge in [0.2, 0.25) is 0 Å². The van der Waals surface area contributed by atoms with Crippen molar-refractivity contribution in [2.45, 2.75) is 64.2 Å². The zero-order chi connectivity index (χ0) is 15.9. The van der Waals surface area contributed by atoms with E-state index in [1.165, 1.54) is 6.42 Å². The average molecular weight is 294 g/mol. The summed E-state index contributed by atoms with van der Waals surface area (Å²) in [6.07, 6.45) is 5.77. The van der Waals surface area contributed by atoms with Crippen molar-refractivity contribution in [2.75, 3.05) is 19.6 Å². The van der Waals surface area contributed by atoms with E-state index in [4.69, 9.17) is 13.6 Å². The van der Waals surface area contributed by atoms with E-state index in [2.05, 4.69) is 18.7 Å². The molecule has 21 heavy (non-hydrogen) atoms. The van der Waals surface area contributed by atoms with Crippen LogP contribution in [-0.2, 0) is 4.79 Å². The fourth-order valence-electron chi connectivity index (χ4n) is 3.16. The summed E-state index contributed by atoms with van der Waals surface area (Å²) in [5, 5.41) is 9.56. The third kappa shape index (κ3) is 5.63. The van der Waals surface area contributed by atoms with E-state index < -0.39 is 11.5 Å². The van der Waals surface area contributed by atoms with Gasteiger partial charge >= 0.3 is 5.97 Å². The second-order valence-corrected chi connectivity index (χ2v) is 6.89. The lowest BCUT2D eigenvalue weighted by molar-refractivity contribution is -0.147. The van der Waals surface area contributed by atoms with E-state index in [0.717, 1.165) is 45.3 Å². The summed E-state index contributed by atoms with van der Waals surface area (Å²) in [6, 6.07) is 0. The summed E-state index contributed by atoms with van der Waals surface area (Å²) in [4.78, 5) is 14.1. The van der Waals surface area contributed by atoms with E-state index in [1.54, 1.807) is 0 Å². The molecular formula is C16H31BN2O2. The molecule has 0 aromatic rings. The van der Waals surface area contributed by atoms with Crippen LogP contribution in [0.4, 0.5) is 0 Å². The minimum atomic E-state index is -1.07. The van der Waals surface area contributed by atoms with E-state index in [-0.39, 0.29) is 5.92 Å². The zero-order valence-corrected chi connectivity index (χ0v) is 13.7. The highest BCUT2D eigenvalue weighted by atomic mass is 16.4. The number of nitrogens with two attached hydrogens (primary N) is 1. The summed E-state index contributed by atoms with van der Waals surface area (Å²) < 4.78 is 0. The van der Waals surface area contributed by atoms with Crippen LogP contribution in [0.25, 0.3) is 0 Å². The molecule has 2 radical (unpaired) electrons. The average Bonchev–Trinajstić information content (AvgIpc) is 2.45. The lowest BCUT2D eigenvalue weighted by Crippen LogP contribution is -2.57. The third-order valence-electron chi connectivity index (χ3n) is 4.78. The summed E-state index contributed by atoms with van der Waals surface area (Å²) in [5.74, 6) is -0.0465. The van der Waals surface area contributed by atoms with Crippen molar-refractivity contribution < 1.29 is 9.90 Å². The van der Waals surface area contributed by atoms with Crippen LogP contribution < -0.4 is 5.73 Å². The first-order chi connectivity index (χ1) is 9.90. The van der Waals surface area contributed by atoms with Gasteiger partial charge in [-0.2, -0.15) is 0 Å². The monoisotopic (exact) mass is 294 g/mol. The van der Waals surface area contributed by atoms with E-state index in [9.17, 15) is 9.90 Å². The highest BCUT2D eigenvalue weighted by Crippen LogP contribution is 2.31. The number of carboxylic acids is 1. The van der Waals surface area contributed by atoms with Gasteiger partial charge < -0.3 is 15.7 Å². The number of hydrogen-bond acceptors (Lipinski definition) is 3. The molecule has 1 rings (SSSR count). The SMILES string of the molecule is [B]CCCCC(N)(C(=O)O)C1CCN(CCC(C)C)CC1. The minimum absolute atomic E-state index is 0.0862. The molecule has 1 heterocycles. The molecule has 0 bridgehead atoms. The quantitative estimate of drug-likeness (QED) is 0.506. The van der Waals surface area contributed by atoms with Crippen LogP contribution >= 0.6 is 0 Å². The first-order valence-corrected chi connectivity index (χ1v) is 8.35. The molecule has 1 atom stereocenters. The normalized spacial score (nSPS) is 20.6. The van der Waals surface area contributed by atoms with Crippen molar-refractivity contribution >= 4 is 13.8 Å². The molecule has 5 heteroatoms. The maximum atomic E-state index is 11.6. The summed E-state index contributed by atoms with van der Waals surface area (Å²) in [6.45, 7) is 7.53. The molecule has 3 N–H and O–H groups in total. The number of piperidine rings is 1. The van der Waals surface area contributed by atoms with Crippen LogP contribution in [0.15, 0.2) is 0 Å². The maximum absolute atomic E-state index is 11.6. The number of carboxylic acid groups (broad SMARTS) is 1. The Morgan fingerprint density at radius 2 is 2.00 bits per heavy atom. The molecule has 0 saturated carbocycles. The van der Waals surface area contributed by atoms with Gasteiger partial charge in [0.25, 0.3) is 0 Å². The standard InChI is InChI=1S/C16H31BN2O2/c1-13(2)5-10-19-11-6-14(7-12-19)16(18,15(20)21)8-3-4-9-17/h13-14H,3-12,18H2,1-2H3,(H,20,21). The number of rotatable bonds is 9. The molecule has 0 aromatic carbocycles. The van der Waals surface area contributed by atoms with Gasteiger partial charge in [0.05, 0.1) is 7.85 Å². The first-order valence-electron chi connectivity index (χ1n) is 8.35. The van der Waals surface area contributed by atoms with Gasteiger partial charge in [-0.3, -0.25) is 4.79 Å². The largest absolute Gasteiger partial charge is 0.480 e. The van der Waals surface area contributed by atoms with Crippen LogP contribution in [0.5, 0.6) is 0 Å². The fourth-order valence-corrected chi connectivity index (χ4v) is 3.16. The van der Waals surface area contributed by atoms with Crippen LogP contribution in [-0.4, -0.2) is 49.0 Å². The lowest BCUT2D eigenvalue weighted by atomic mass is 9.75. The lowest BCUT2D eigenvalue weighted by Gasteiger charge is -2.40. The molecule has 0 aliphatic carbocycles. The van der Waals surface area contributed by atoms with Crippen molar-refractivity contribution in [2.24, 2.45) is 17.6 Å². The van der Waals surface area contributed by atoms with Gasteiger partial charge in [-0.15, -0.1) is 0 Å². The van der Waals surface area contributed by atoms with Crippen molar-refractivity contribution in [3.05, 3.63) is 0 Å². The van der Waals surface area contributed by atoms with Crippen LogP contribution in [0, 0.1) is 11.8 Å². The molecule has 1 aliphatic heterocycles. The van der Waals surface area contributed by atoms with Crippen molar-refractivity contribution in [3.63, 3.8) is 0 Å². The number of carbonyl (C=O) groups is 1. The second kappa shape index (κ2) is 8.79. The first kappa shape index (κ1) is 18.5. The van der Waals surface area contributed by atoms with Gasteiger partial charge in [-0.25, -0.2) is 0 Å². The Labute approximate surface area is 130 Å².